The Hall–Kier alpha value is -0.352. The second-order valence-electron chi connectivity index (χ2n) is 1.75. The van der Waals surface area contributed by atoms with Crippen molar-refractivity contribution in [1.82, 2.24) is 0 Å². The van der Waals surface area contributed by atoms with Gasteiger partial charge in [-0.05, 0) is 0 Å². The summed E-state index contributed by atoms with van der Waals surface area (Å²) in [4.78, 5) is 0. The van der Waals surface area contributed by atoms with Crippen LogP contribution in [0.1, 0.15) is 12.5 Å². The van der Waals surface area contributed by atoms with Gasteiger partial charge in [-0.1, -0.05) is 0 Å². The SMILES string of the molecule is C[C-]=Cc1[c-]cccc1.[W+2]. The minimum Gasteiger partial charge on any atom is -0.330 e. The third-order valence-corrected chi connectivity index (χ3v) is 1.03. The maximum atomic E-state index is 3.05. The molecule has 0 spiro atoms. The minimum absolute atomic E-state index is 0. The summed E-state index contributed by atoms with van der Waals surface area (Å²) in [5, 5.41) is 0. The quantitative estimate of drug-likeness (QED) is 0.698. The topological polar surface area (TPSA) is 0 Å². The molecule has 0 radical (unpaired) electrons. The van der Waals surface area contributed by atoms with Crippen LogP contribution in [0.15, 0.2) is 24.3 Å². The summed E-state index contributed by atoms with van der Waals surface area (Å²) in [6.07, 6.45) is 4.83. The molecule has 0 saturated heterocycles. The average molecular weight is 300 g/mol. The van der Waals surface area contributed by atoms with Gasteiger partial charge in [0.25, 0.3) is 0 Å². The first-order chi connectivity index (χ1) is 4.43. The van der Waals surface area contributed by atoms with Crippen molar-refractivity contribution in [1.29, 1.82) is 0 Å². The molecule has 1 heteroatoms. The third-order valence-electron chi connectivity index (χ3n) is 1.03. The Labute approximate surface area is 76.2 Å². The van der Waals surface area contributed by atoms with Crippen molar-refractivity contribution < 1.29 is 21.1 Å². The summed E-state index contributed by atoms with van der Waals surface area (Å²) in [5.74, 6) is 0. The van der Waals surface area contributed by atoms with E-state index in [-0.39, 0.29) is 21.1 Å². The summed E-state index contributed by atoms with van der Waals surface area (Å²) in [6.45, 7) is 1.88. The third kappa shape index (κ3) is 2.98. The number of hydrogen-bond acceptors (Lipinski definition) is 0. The zero-order valence-electron chi connectivity index (χ0n) is 5.79. The van der Waals surface area contributed by atoms with E-state index in [2.05, 4.69) is 12.1 Å². The van der Waals surface area contributed by atoms with Crippen LogP contribution in [0.25, 0.3) is 6.08 Å². The van der Waals surface area contributed by atoms with Gasteiger partial charge in [-0.3, -0.25) is 0 Å². The van der Waals surface area contributed by atoms with Crippen LogP contribution in [0, 0.1) is 12.1 Å². The first kappa shape index (κ1) is 9.65. The average Bonchev–Trinajstić information content (AvgIpc) is 1.91. The van der Waals surface area contributed by atoms with Crippen molar-refractivity contribution in [2.45, 2.75) is 6.92 Å². The number of rotatable bonds is 1. The number of benzene rings is 1. The molecule has 0 nitrogen and oxygen atoms in total. The maximum absolute atomic E-state index is 3.05. The molecule has 50 valence electrons. The van der Waals surface area contributed by atoms with Gasteiger partial charge in [0, 0.05) is 0 Å². The van der Waals surface area contributed by atoms with E-state index in [0.29, 0.717) is 0 Å². The monoisotopic (exact) mass is 300 g/mol. The van der Waals surface area contributed by atoms with Gasteiger partial charge in [0.15, 0.2) is 0 Å². The van der Waals surface area contributed by atoms with Crippen LogP contribution in [-0.2, 0) is 21.1 Å². The molecule has 0 atom stereocenters. The fourth-order valence-corrected chi connectivity index (χ4v) is 0.653. The van der Waals surface area contributed by atoms with E-state index >= 15 is 0 Å². The molecule has 0 amide bonds. The Morgan fingerprint density at radius 3 is 2.80 bits per heavy atom. The fraction of sp³-hybridized carbons (Fsp3) is 0.111. The van der Waals surface area contributed by atoms with Gasteiger partial charge < -0.3 is 17.7 Å². The van der Waals surface area contributed by atoms with Gasteiger partial charge >= 0.3 is 21.1 Å². The van der Waals surface area contributed by atoms with Crippen molar-refractivity contribution in [3.63, 3.8) is 0 Å². The minimum atomic E-state index is 0. The largest absolute Gasteiger partial charge is 2.00 e. The number of hydrogen-bond donors (Lipinski definition) is 0. The second-order valence-corrected chi connectivity index (χ2v) is 1.75. The van der Waals surface area contributed by atoms with Crippen LogP contribution in [0.2, 0.25) is 0 Å². The van der Waals surface area contributed by atoms with Crippen LogP contribution in [0.4, 0.5) is 0 Å². The zero-order chi connectivity index (χ0) is 6.53. The summed E-state index contributed by atoms with van der Waals surface area (Å²) in [7, 11) is 0. The molecular formula is C9H8W. The van der Waals surface area contributed by atoms with Crippen molar-refractivity contribution in [3.05, 3.63) is 42.0 Å². The Bertz CT molecular complexity index is 189. The van der Waals surface area contributed by atoms with Gasteiger partial charge in [0.1, 0.15) is 0 Å². The summed E-state index contributed by atoms with van der Waals surface area (Å²) >= 11 is 0. The van der Waals surface area contributed by atoms with Crippen LogP contribution >= 0.6 is 0 Å². The van der Waals surface area contributed by atoms with E-state index < -0.39 is 0 Å². The zero-order valence-corrected chi connectivity index (χ0v) is 8.73. The summed E-state index contributed by atoms with van der Waals surface area (Å²) < 4.78 is 0. The van der Waals surface area contributed by atoms with Gasteiger partial charge in [0.2, 0.25) is 0 Å². The Morgan fingerprint density at radius 1 is 1.50 bits per heavy atom. The molecule has 0 aliphatic carbocycles. The first-order valence-electron chi connectivity index (χ1n) is 2.90. The van der Waals surface area contributed by atoms with E-state index in [4.69, 9.17) is 0 Å². The molecule has 0 heterocycles. The Morgan fingerprint density at radius 2 is 2.30 bits per heavy atom. The Balaban J connectivity index is 0.000000810. The molecule has 0 aliphatic rings. The van der Waals surface area contributed by atoms with Crippen LogP contribution in [0.3, 0.4) is 0 Å². The van der Waals surface area contributed by atoms with Gasteiger partial charge in [-0.2, -0.15) is 12.1 Å². The molecule has 1 aromatic carbocycles. The molecule has 0 unspecified atom stereocenters. The molecule has 0 N–H and O–H groups in total. The molecule has 10 heavy (non-hydrogen) atoms. The van der Waals surface area contributed by atoms with E-state index in [1.807, 2.05) is 37.3 Å². The van der Waals surface area contributed by atoms with Gasteiger partial charge in [-0.25, -0.2) is 12.1 Å². The van der Waals surface area contributed by atoms with Crippen LogP contribution in [-0.4, -0.2) is 0 Å². The molecule has 1 aromatic rings. The second kappa shape index (κ2) is 5.43. The Kier molecular flexibility index (Phi) is 5.24. The molecule has 1 rings (SSSR count). The van der Waals surface area contributed by atoms with E-state index in [0.717, 1.165) is 5.56 Å². The predicted molar refractivity (Wildman–Crippen MR) is 38.7 cm³/mol. The summed E-state index contributed by atoms with van der Waals surface area (Å²) in [6, 6.07) is 10.9. The number of allylic oxidation sites excluding steroid dienone is 1. The molecule has 0 aromatic heterocycles. The van der Waals surface area contributed by atoms with E-state index in [1.54, 1.807) is 0 Å². The van der Waals surface area contributed by atoms with Gasteiger partial charge in [-0.15, -0.1) is 13.0 Å². The smallest absolute Gasteiger partial charge is 0.330 e. The molecule has 0 bridgehead atoms. The molecular weight excluding hydrogens is 292 g/mol. The van der Waals surface area contributed by atoms with Crippen molar-refractivity contribution in [3.8, 4) is 0 Å². The normalized spacial score (nSPS) is 9.30. The fourth-order valence-electron chi connectivity index (χ4n) is 0.653. The van der Waals surface area contributed by atoms with Gasteiger partial charge in [0.05, 0.1) is 0 Å². The standard InChI is InChI=1S/C9H8.W/c1-2-6-9-7-4-3-5-8-9;/h3-7H,1H3;/q-2;+2. The maximum Gasteiger partial charge on any atom is 2.00 e. The first-order valence-corrected chi connectivity index (χ1v) is 2.90. The summed E-state index contributed by atoms with van der Waals surface area (Å²) in [5.41, 5.74) is 1.08. The van der Waals surface area contributed by atoms with Crippen molar-refractivity contribution in [2.24, 2.45) is 0 Å². The predicted octanol–water partition coefficient (Wildman–Crippen LogP) is 2.32. The molecule has 0 fully saturated rings. The van der Waals surface area contributed by atoms with Crippen LogP contribution < -0.4 is 0 Å². The van der Waals surface area contributed by atoms with Crippen molar-refractivity contribution >= 4 is 6.08 Å². The molecule has 0 aliphatic heterocycles. The molecule has 0 saturated carbocycles. The van der Waals surface area contributed by atoms with E-state index in [1.165, 1.54) is 0 Å². The van der Waals surface area contributed by atoms with Crippen LogP contribution in [0.5, 0.6) is 0 Å². The van der Waals surface area contributed by atoms with E-state index in [9.17, 15) is 0 Å². The van der Waals surface area contributed by atoms with Crippen molar-refractivity contribution in [2.75, 3.05) is 0 Å².